The number of fused-ring (bicyclic) bond motifs is 1. The van der Waals surface area contributed by atoms with Gasteiger partial charge in [0.1, 0.15) is 0 Å². The van der Waals surface area contributed by atoms with Gasteiger partial charge in [-0.25, -0.2) is 15.0 Å². The summed E-state index contributed by atoms with van der Waals surface area (Å²) in [5.41, 5.74) is 2.34. The molecule has 0 spiro atoms. The van der Waals surface area contributed by atoms with Crippen LogP contribution in [0.2, 0.25) is 0 Å². The second kappa shape index (κ2) is 6.66. The van der Waals surface area contributed by atoms with Crippen LogP contribution in [0, 0.1) is 0 Å². The summed E-state index contributed by atoms with van der Waals surface area (Å²) in [5.74, 6) is 1.17. The lowest BCUT2D eigenvalue weighted by Crippen LogP contribution is -2.33. The molecule has 0 unspecified atom stereocenters. The van der Waals surface area contributed by atoms with Gasteiger partial charge in [0.15, 0.2) is 0 Å². The molecule has 3 heterocycles. The highest BCUT2D eigenvalue weighted by Crippen LogP contribution is 2.33. The van der Waals surface area contributed by atoms with E-state index in [1.807, 2.05) is 11.0 Å². The molecule has 4 rings (SSSR count). The molecule has 0 radical (unpaired) electrons. The number of hydrogen-bond donors (Lipinski definition) is 1. The molecule has 7 heteroatoms. The lowest BCUT2D eigenvalue weighted by Gasteiger charge is -2.22. The van der Waals surface area contributed by atoms with Crippen LogP contribution < -0.4 is 10.1 Å². The highest BCUT2D eigenvalue weighted by molar-refractivity contribution is 5.98. The number of amides is 1. The SMILES string of the molecule is COc1nc2c(cc1CNc1ncccn1)C(=O)N(C1CCCC1)C2. The van der Waals surface area contributed by atoms with Crippen molar-refractivity contribution in [1.29, 1.82) is 0 Å². The van der Waals surface area contributed by atoms with Crippen LogP contribution in [-0.4, -0.2) is 38.9 Å². The molecule has 2 aromatic heterocycles. The van der Waals surface area contributed by atoms with E-state index in [1.165, 1.54) is 12.8 Å². The number of anilines is 1. The Hall–Kier alpha value is -2.70. The lowest BCUT2D eigenvalue weighted by atomic mass is 10.1. The van der Waals surface area contributed by atoms with Crippen molar-refractivity contribution in [2.45, 2.75) is 44.8 Å². The van der Waals surface area contributed by atoms with Gasteiger partial charge in [0, 0.05) is 30.5 Å². The van der Waals surface area contributed by atoms with Gasteiger partial charge in [-0.15, -0.1) is 0 Å². The Morgan fingerprint density at radius 1 is 1.28 bits per heavy atom. The van der Waals surface area contributed by atoms with E-state index >= 15 is 0 Å². The Kier molecular flexibility index (Phi) is 4.21. The largest absolute Gasteiger partial charge is 0.481 e. The van der Waals surface area contributed by atoms with Crippen molar-refractivity contribution in [1.82, 2.24) is 19.9 Å². The molecular formula is C18H21N5O2. The third kappa shape index (κ3) is 3.01. The average molecular weight is 339 g/mol. The first kappa shape index (κ1) is 15.8. The fraction of sp³-hybridized carbons (Fsp3) is 0.444. The molecule has 0 atom stereocenters. The van der Waals surface area contributed by atoms with E-state index in [2.05, 4.69) is 20.3 Å². The van der Waals surface area contributed by atoms with E-state index in [-0.39, 0.29) is 5.91 Å². The van der Waals surface area contributed by atoms with Crippen molar-refractivity contribution in [3.8, 4) is 5.88 Å². The normalized spacial score (nSPS) is 17.0. The van der Waals surface area contributed by atoms with E-state index in [9.17, 15) is 4.79 Å². The fourth-order valence-corrected chi connectivity index (χ4v) is 3.65. The monoisotopic (exact) mass is 339 g/mol. The van der Waals surface area contributed by atoms with Gasteiger partial charge in [-0.2, -0.15) is 0 Å². The first-order chi connectivity index (χ1) is 12.3. The van der Waals surface area contributed by atoms with Crippen molar-refractivity contribution < 1.29 is 9.53 Å². The molecule has 7 nitrogen and oxygen atoms in total. The molecule has 0 aromatic carbocycles. The van der Waals surface area contributed by atoms with Gasteiger partial charge in [-0.1, -0.05) is 12.8 Å². The van der Waals surface area contributed by atoms with Crippen LogP contribution in [0.5, 0.6) is 5.88 Å². The summed E-state index contributed by atoms with van der Waals surface area (Å²) in [4.78, 5) is 27.7. The van der Waals surface area contributed by atoms with Crippen molar-refractivity contribution in [2.75, 3.05) is 12.4 Å². The van der Waals surface area contributed by atoms with Gasteiger partial charge in [-0.3, -0.25) is 4.79 Å². The summed E-state index contributed by atoms with van der Waals surface area (Å²) >= 11 is 0. The zero-order chi connectivity index (χ0) is 17.2. The van der Waals surface area contributed by atoms with Gasteiger partial charge in [0.05, 0.1) is 24.9 Å². The Balaban J connectivity index is 1.57. The summed E-state index contributed by atoms with van der Waals surface area (Å²) in [6.07, 6.45) is 7.95. The number of hydrogen-bond acceptors (Lipinski definition) is 6. The number of methoxy groups -OCH3 is 1. The molecule has 1 aliphatic carbocycles. The minimum absolute atomic E-state index is 0.0919. The van der Waals surface area contributed by atoms with Crippen molar-refractivity contribution in [3.05, 3.63) is 41.3 Å². The Bertz CT molecular complexity index is 775. The molecule has 0 bridgehead atoms. The maximum atomic E-state index is 12.8. The average Bonchev–Trinajstić information content (AvgIpc) is 3.28. The number of nitrogens with one attached hydrogen (secondary N) is 1. The maximum absolute atomic E-state index is 12.8. The second-order valence-electron chi connectivity index (χ2n) is 6.45. The third-order valence-electron chi connectivity index (χ3n) is 4.91. The Morgan fingerprint density at radius 2 is 2.04 bits per heavy atom. The van der Waals surface area contributed by atoms with Crippen LogP contribution in [-0.2, 0) is 13.1 Å². The van der Waals surface area contributed by atoms with Crippen LogP contribution in [0.15, 0.2) is 24.5 Å². The van der Waals surface area contributed by atoms with E-state index in [0.29, 0.717) is 36.5 Å². The number of nitrogens with zero attached hydrogens (tertiary/aromatic N) is 4. The third-order valence-corrected chi connectivity index (χ3v) is 4.91. The number of ether oxygens (including phenoxy) is 1. The van der Waals surface area contributed by atoms with Crippen LogP contribution in [0.25, 0.3) is 0 Å². The predicted octanol–water partition coefficient (Wildman–Crippen LogP) is 2.39. The van der Waals surface area contributed by atoms with Crippen LogP contribution >= 0.6 is 0 Å². The van der Waals surface area contributed by atoms with Crippen LogP contribution in [0.3, 0.4) is 0 Å². The molecule has 1 fully saturated rings. The van der Waals surface area contributed by atoms with Crippen molar-refractivity contribution >= 4 is 11.9 Å². The lowest BCUT2D eigenvalue weighted by molar-refractivity contribution is 0.0706. The maximum Gasteiger partial charge on any atom is 0.256 e. The second-order valence-corrected chi connectivity index (χ2v) is 6.45. The summed E-state index contributed by atoms with van der Waals surface area (Å²) < 4.78 is 5.43. The van der Waals surface area contributed by atoms with Crippen molar-refractivity contribution in [2.24, 2.45) is 0 Å². The smallest absolute Gasteiger partial charge is 0.256 e. The highest BCUT2D eigenvalue weighted by Gasteiger charge is 2.35. The highest BCUT2D eigenvalue weighted by atomic mass is 16.5. The van der Waals surface area contributed by atoms with Gasteiger partial charge in [-0.05, 0) is 25.0 Å². The minimum atomic E-state index is 0.0919. The van der Waals surface area contributed by atoms with Crippen LogP contribution in [0.4, 0.5) is 5.95 Å². The van der Waals surface area contributed by atoms with Gasteiger partial charge >= 0.3 is 0 Å². The minimum Gasteiger partial charge on any atom is -0.481 e. The molecular weight excluding hydrogens is 318 g/mol. The Morgan fingerprint density at radius 3 is 2.76 bits per heavy atom. The molecule has 130 valence electrons. The molecule has 1 aliphatic heterocycles. The molecule has 2 aliphatic rings. The fourth-order valence-electron chi connectivity index (χ4n) is 3.65. The number of pyridine rings is 1. The standard InChI is InChI=1S/C18H21N5O2/c1-25-16-12(10-21-18-19-7-4-8-20-18)9-14-15(22-16)11-23(17(14)24)13-5-2-3-6-13/h4,7-9,13H,2-3,5-6,10-11H2,1H3,(H,19,20,21). The number of carbonyl (C=O) groups excluding carboxylic acids is 1. The quantitative estimate of drug-likeness (QED) is 0.901. The molecule has 25 heavy (non-hydrogen) atoms. The van der Waals surface area contributed by atoms with Gasteiger partial charge < -0.3 is 15.0 Å². The first-order valence-electron chi connectivity index (χ1n) is 8.65. The first-order valence-corrected chi connectivity index (χ1v) is 8.65. The predicted molar refractivity (Wildman–Crippen MR) is 92.3 cm³/mol. The Labute approximate surface area is 146 Å². The summed E-state index contributed by atoms with van der Waals surface area (Å²) in [6.45, 7) is 1.04. The molecule has 1 saturated carbocycles. The van der Waals surface area contributed by atoms with Gasteiger partial charge in [0.2, 0.25) is 11.8 Å². The van der Waals surface area contributed by atoms with E-state index in [1.54, 1.807) is 25.6 Å². The molecule has 0 saturated heterocycles. The molecule has 2 aromatic rings. The van der Waals surface area contributed by atoms with E-state index in [4.69, 9.17) is 4.74 Å². The summed E-state index contributed by atoms with van der Waals surface area (Å²) in [7, 11) is 1.60. The number of carbonyl (C=O) groups is 1. The zero-order valence-electron chi connectivity index (χ0n) is 14.2. The topological polar surface area (TPSA) is 80.2 Å². The summed E-state index contributed by atoms with van der Waals surface area (Å²) in [5, 5.41) is 3.14. The summed E-state index contributed by atoms with van der Waals surface area (Å²) in [6, 6.07) is 4.01. The van der Waals surface area contributed by atoms with Crippen LogP contribution in [0.1, 0.15) is 47.3 Å². The number of rotatable bonds is 5. The van der Waals surface area contributed by atoms with Crippen molar-refractivity contribution in [3.63, 3.8) is 0 Å². The van der Waals surface area contributed by atoms with E-state index in [0.717, 1.165) is 24.1 Å². The molecule has 1 N–H and O–H groups in total. The van der Waals surface area contributed by atoms with Gasteiger partial charge in [0.25, 0.3) is 5.91 Å². The number of aromatic nitrogens is 3. The zero-order valence-corrected chi connectivity index (χ0v) is 14.2. The molecule has 1 amide bonds. The van der Waals surface area contributed by atoms with E-state index < -0.39 is 0 Å².